The maximum Gasteiger partial charge on any atom is 0.332 e. The van der Waals surface area contributed by atoms with Gasteiger partial charge in [0.25, 0.3) is 5.91 Å². The van der Waals surface area contributed by atoms with Crippen LogP contribution in [0.5, 0.6) is 5.75 Å². The SMILES string of the molecule is COc1ccc(CCC(=O)N2CCN(C(=O)[C@@H]3CC[C@H](C(=O)O)O3)CC2)cc1. The van der Waals surface area contributed by atoms with Gasteiger partial charge in [-0.2, -0.15) is 0 Å². The minimum absolute atomic E-state index is 0.0750. The molecule has 1 N–H and O–H groups in total. The zero-order valence-corrected chi connectivity index (χ0v) is 16.0. The molecule has 0 aromatic heterocycles. The van der Waals surface area contributed by atoms with Gasteiger partial charge >= 0.3 is 5.97 Å². The van der Waals surface area contributed by atoms with Crippen LogP contribution in [0.3, 0.4) is 0 Å². The van der Waals surface area contributed by atoms with Gasteiger partial charge in [-0.25, -0.2) is 4.79 Å². The number of carbonyl (C=O) groups excluding carboxylic acids is 2. The highest BCUT2D eigenvalue weighted by molar-refractivity contribution is 5.83. The molecule has 0 unspecified atom stereocenters. The Bertz CT molecular complexity index is 712. The summed E-state index contributed by atoms with van der Waals surface area (Å²) in [6, 6.07) is 7.66. The van der Waals surface area contributed by atoms with E-state index in [0.29, 0.717) is 51.9 Å². The third-order valence-corrected chi connectivity index (χ3v) is 5.30. The monoisotopic (exact) mass is 390 g/mol. The van der Waals surface area contributed by atoms with Crippen LogP contribution in [0.2, 0.25) is 0 Å². The van der Waals surface area contributed by atoms with E-state index in [2.05, 4.69) is 0 Å². The molecule has 0 radical (unpaired) electrons. The molecule has 8 heteroatoms. The molecule has 2 aliphatic rings. The molecule has 2 heterocycles. The maximum absolute atomic E-state index is 12.5. The van der Waals surface area contributed by atoms with Gasteiger partial charge in [0.05, 0.1) is 7.11 Å². The Hall–Kier alpha value is -2.61. The number of ether oxygens (including phenoxy) is 2. The van der Waals surface area contributed by atoms with Crippen LogP contribution in [0.25, 0.3) is 0 Å². The van der Waals surface area contributed by atoms with Crippen molar-refractivity contribution in [2.24, 2.45) is 0 Å². The van der Waals surface area contributed by atoms with Crippen molar-refractivity contribution in [1.82, 2.24) is 9.80 Å². The fourth-order valence-electron chi connectivity index (χ4n) is 3.58. The average Bonchev–Trinajstić information content (AvgIpc) is 3.22. The van der Waals surface area contributed by atoms with Crippen LogP contribution in [0.1, 0.15) is 24.8 Å². The quantitative estimate of drug-likeness (QED) is 0.776. The van der Waals surface area contributed by atoms with Gasteiger partial charge in [0, 0.05) is 32.6 Å². The fraction of sp³-hybridized carbons (Fsp3) is 0.550. The molecule has 2 fully saturated rings. The summed E-state index contributed by atoms with van der Waals surface area (Å²) in [7, 11) is 1.62. The molecule has 0 bridgehead atoms. The van der Waals surface area contributed by atoms with Gasteiger partial charge in [-0.3, -0.25) is 9.59 Å². The Labute approximate surface area is 164 Å². The van der Waals surface area contributed by atoms with Gasteiger partial charge in [-0.05, 0) is 37.0 Å². The topological polar surface area (TPSA) is 96.4 Å². The van der Waals surface area contributed by atoms with E-state index < -0.39 is 18.2 Å². The van der Waals surface area contributed by atoms with Crippen LogP contribution in [-0.2, 0) is 25.5 Å². The van der Waals surface area contributed by atoms with Crippen LogP contribution < -0.4 is 4.74 Å². The normalized spacial score (nSPS) is 22.2. The van der Waals surface area contributed by atoms with Crippen LogP contribution in [0, 0.1) is 0 Å². The van der Waals surface area contributed by atoms with Crippen molar-refractivity contribution in [1.29, 1.82) is 0 Å². The molecule has 0 saturated carbocycles. The number of aryl methyl sites for hydroxylation is 1. The van der Waals surface area contributed by atoms with Crippen molar-refractivity contribution in [3.63, 3.8) is 0 Å². The fourth-order valence-corrected chi connectivity index (χ4v) is 3.58. The minimum atomic E-state index is -1.03. The Morgan fingerprint density at radius 1 is 1.04 bits per heavy atom. The number of amides is 2. The molecular formula is C20H26N2O6. The summed E-state index contributed by atoms with van der Waals surface area (Å²) in [6.07, 6.45) is 0.292. The van der Waals surface area contributed by atoms with Gasteiger partial charge in [0.2, 0.25) is 5.91 Å². The number of hydrogen-bond acceptors (Lipinski definition) is 5. The first-order valence-corrected chi connectivity index (χ1v) is 9.55. The molecule has 0 aliphatic carbocycles. The maximum atomic E-state index is 12.5. The lowest BCUT2D eigenvalue weighted by atomic mass is 10.1. The van der Waals surface area contributed by atoms with Crippen LogP contribution >= 0.6 is 0 Å². The Morgan fingerprint density at radius 2 is 1.64 bits per heavy atom. The number of aliphatic carboxylic acids is 1. The molecular weight excluding hydrogens is 364 g/mol. The predicted molar refractivity (Wildman–Crippen MR) is 100 cm³/mol. The summed E-state index contributed by atoms with van der Waals surface area (Å²) >= 11 is 0. The molecule has 8 nitrogen and oxygen atoms in total. The molecule has 1 aromatic carbocycles. The Balaban J connectivity index is 1.42. The molecule has 2 amide bonds. The van der Waals surface area contributed by atoms with Gasteiger partial charge in [0.1, 0.15) is 11.9 Å². The highest BCUT2D eigenvalue weighted by Gasteiger charge is 2.37. The lowest BCUT2D eigenvalue weighted by Crippen LogP contribution is -2.53. The molecule has 1 aromatic rings. The van der Waals surface area contributed by atoms with Crippen molar-refractivity contribution in [2.75, 3.05) is 33.3 Å². The highest BCUT2D eigenvalue weighted by atomic mass is 16.5. The van der Waals surface area contributed by atoms with Crippen molar-refractivity contribution >= 4 is 17.8 Å². The number of methoxy groups -OCH3 is 1. The lowest BCUT2D eigenvalue weighted by molar-refractivity contribution is -0.156. The van der Waals surface area contributed by atoms with E-state index in [1.54, 1.807) is 16.9 Å². The van der Waals surface area contributed by atoms with Crippen molar-refractivity contribution in [3.8, 4) is 5.75 Å². The van der Waals surface area contributed by atoms with Crippen LogP contribution in [0.15, 0.2) is 24.3 Å². The largest absolute Gasteiger partial charge is 0.497 e. The summed E-state index contributed by atoms with van der Waals surface area (Å²) < 4.78 is 10.5. The Kier molecular flexibility index (Phi) is 6.51. The molecule has 2 aliphatic heterocycles. The highest BCUT2D eigenvalue weighted by Crippen LogP contribution is 2.22. The van der Waals surface area contributed by atoms with E-state index in [1.807, 2.05) is 24.3 Å². The van der Waals surface area contributed by atoms with Gasteiger partial charge in [0.15, 0.2) is 6.10 Å². The molecule has 0 spiro atoms. The molecule has 2 saturated heterocycles. The summed E-state index contributed by atoms with van der Waals surface area (Å²) in [6.45, 7) is 1.87. The second kappa shape index (κ2) is 9.05. The summed E-state index contributed by atoms with van der Waals surface area (Å²) in [5.41, 5.74) is 1.08. The Morgan fingerprint density at radius 3 is 2.21 bits per heavy atom. The standard InChI is InChI=1S/C20H26N2O6/c1-27-15-5-2-14(3-6-15)4-9-18(23)21-10-12-22(13-11-21)19(24)16-7-8-17(28-16)20(25)26/h2-3,5-6,16-17H,4,7-13H2,1H3,(H,25,26)/t16-,17+/m0/s1. The molecule has 152 valence electrons. The first kappa shape index (κ1) is 20.1. The second-order valence-corrected chi connectivity index (χ2v) is 7.08. The number of carboxylic acid groups (broad SMARTS) is 1. The smallest absolute Gasteiger partial charge is 0.332 e. The predicted octanol–water partition coefficient (Wildman–Crippen LogP) is 0.931. The van der Waals surface area contributed by atoms with Gasteiger partial charge in [-0.15, -0.1) is 0 Å². The number of hydrogen-bond donors (Lipinski definition) is 1. The third kappa shape index (κ3) is 4.81. The third-order valence-electron chi connectivity index (χ3n) is 5.30. The number of piperazine rings is 1. The zero-order chi connectivity index (χ0) is 20.1. The van der Waals surface area contributed by atoms with E-state index in [1.165, 1.54) is 0 Å². The zero-order valence-electron chi connectivity index (χ0n) is 16.0. The van der Waals surface area contributed by atoms with Crippen molar-refractivity contribution in [3.05, 3.63) is 29.8 Å². The second-order valence-electron chi connectivity index (χ2n) is 7.08. The van der Waals surface area contributed by atoms with Gasteiger partial charge < -0.3 is 24.4 Å². The molecule has 2 atom stereocenters. The van der Waals surface area contributed by atoms with Crippen LogP contribution in [-0.4, -0.2) is 78.2 Å². The lowest BCUT2D eigenvalue weighted by Gasteiger charge is -2.35. The average molecular weight is 390 g/mol. The van der Waals surface area contributed by atoms with E-state index in [0.717, 1.165) is 11.3 Å². The summed E-state index contributed by atoms with van der Waals surface area (Å²) in [5, 5.41) is 8.98. The summed E-state index contributed by atoms with van der Waals surface area (Å²) in [4.78, 5) is 39.4. The van der Waals surface area contributed by atoms with E-state index in [4.69, 9.17) is 14.6 Å². The van der Waals surface area contributed by atoms with E-state index in [9.17, 15) is 14.4 Å². The van der Waals surface area contributed by atoms with E-state index in [-0.39, 0.29) is 11.8 Å². The van der Waals surface area contributed by atoms with Gasteiger partial charge in [-0.1, -0.05) is 12.1 Å². The van der Waals surface area contributed by atoms with E-state index >= 15 is 0 Å². The summed E-state index contributed by atoms with van der Waals surface area (Å²) in [5.74, 6) is -0.334. The first-order valence-electron chi connectivity index (χ1n) is 9.55. The first-order chi connectivity index (χ1) is 13.5. The number of rotatable bonds is 6. The molecule has 3 rings (SSSR count). The minimum Gasteiger partial charge on any atom is -0.497 e. The number of carbonyl (C=O) groups is 3. The van der Waals surface area contributed by atoms with Crippen molar-refractivity contribution in [2.45, 2.75) is 37.9 Å². The van der Waals surface area contributed by atoms with Crippen molar-refractivity contribution < 1.29 is 29.0 Å². The van der Waals surface area contributed by atoms with Crippen LogP contribution in [0.4, 0.5) is 0 Å². The number of benzene rings is 1. The number of nitrogens with zero attached hydrogens (tertiary/aromatic N) is 2. The number of carboxylic acids is 1. The molecule has 28 heavy (non-hydrogen) atoms.